The van der Waals surface area contributed by atoms with Crippen LogP contribution < -0.4 is 15.4 Å². The number of nitrogens with one attached hydrogen (secondary N) is 2. The van der Waals surface area contributed by atoms with Crippen molar-refractivity contribution in [3.05, 3.63) is 76.1 Å². The molecule has 2 amide bonds. The van der Waals surface area contributed by atoms with Crippen LogP contribution in [0, 0.1) is 13.8 Å². The van der Waals surface area contributed by atoms with Gasteiger partial charge in [0.15, 0.2) is 0 Å². The minimum absolute atomic E-state index is 0.230. The highest BCUT2D eigenvalue weighted by Gasteiger charge is 2.12. The third-order valence-corrected chi connectivity index (χ3v) is 5.26. The summed E-state index contributed by atoms with van der Waals surface area (Å²) in [5.41, 5.74) is 4.62. The molecule has 1 heterocycles. The molecule has 0 unspecified atom stereocenters. The summed E-state index contributed by atoms with van der Waals surface area (Å²) in [6.07, 6.45) is 3.20. The van der Waals surface area contributed by atoms with Gasteiger partial charge in [-0.25, -0.2) is 0 Å². The molecule has 166 valence electrons. The Morgan fingerprint density at radius 3 is 2.59 bits per heavy atom. The number of hydrogen-bond donors (Lipinski definition) is 2. The van der Waals surface area contributed by atoms with Crippen molar-refractivity contribution in [2.45, 2.75) is 27.3 Å². The Morgan fingerprint density at radius 2 is 1.91 bits per heavy atom. The van der Waals surface area contributed by atoms with Crippen molar-refractivity contribution in [2.75, 3.05) is 17.7 Å². The van der Waals surface area contributed by atoms with Gasteiger partial charge in [-0.1, -0.05) is 29.8 Å². The van der Waals surface area contributed by atoms with Crippen LogP contribution in [0.5, 0.6) is 5.75 Å². The first-order chi connectivity index (χ1) is 15.3. The average molecular weight is 453 g/mol. The van der Waals surface area contributed by atoms with E-state index < -0.39 is 0 Å². The number of anilines is 2. The maximum absolute atomic E-state index is 12.5. The number of aromatic nitrogens is 2. The van der Waals surface area contributed by atoms with Crippen molar-refractivity contribution in [3.8, 4) is 5.75 Å². The second-order valence-corrected chi connectivity index (χ2v) is 7.66. The van der Waals surface area contributed by atoms with E-state index in [4.69, 9.17) is 16.3 Å². The van der Waals surface area contributed by atoms with E-state index in [-0.39, 0.29) is 11.8 Å². The van der Waals surface area contributed by atoms with Crippen LogP contribution in [-0.2, 0) is 16.1 Å². The fourth-order valence-corrected chi connectivity index (χ4v) is 3.51. The summed E-state index contributed by atoms with van der Waals surface area (Å²) in [7, 11) is 1.51. The van der Waals surface area contributed by atoms with E-state index in [9.17, 15) is 9.59 Å². The molecule has 1 aromatic heterocycles. The largest absolute Gasteiger partial charge is 0.495 e. The molecule has 8 heteroatoms. The molecule has 0 bridgehead atoms. The van der Waals surface area contributed by atoms with Gasteiger partial charge < -0.3 is 15.4 Å². The number of nitrogens with zero attached hydrogens (tertiary/aromatic N) is 2. The number of rotatable bonds is 7. The smallest absolute Gasteiger partial charge is 0.248 e. The lowest BCUT2D eigenvalue weighted by molar-refractivity contribution is -0.114. The maximum atomic E-state index is 12.5. The number of amides is 2. The molecule has 32 heavy (non-hydrogen) atoms. The number of hydrogen-bond acceptors (Lipinski definition) is 4. The summed E-state index contributed by atoms with van der Waals surface area (Å²) < 4.78 is 7.10. The van der Waals surface area contributed by atoms with E-state index in [2.05, 4.69) is 15.7 Å². The van der Waals surface area contributed by atoms with Crippen LogP contribution in [0.15, 0.2) is 48.5 Å². The van der Waals surface area contributed by atoms with Gasteiger partial charge in [-0.3, -0.25) is 14.3 Å². The van der Waals surface area contributed by atoms with Gasteiger partial charge in [0.1, 0.15) is 5.75 Å². The first-order valence-corrected chi connectivity index (χ1v) is 10.4. The summed E-state index contributed by atoms with van der Waals surface area (Å²) >= 11 is 6.27. The lowest BCUT2D eigenvalue weighted by Crippen LogP contribution is -2.10. The van der Waals surface area contributed by atoms with E-state index in [1.807, 2.05) is 42.8 Å². The Labute approximate surface area is 192 Å². The molecule has 0 saturated heterocycles. The Bertz CT molecular complexity index is 1180. The summed E-state index contributed by atoms with van der Waals surface area (Å²) in [6, 6.07) is 12.7. The standard InChI is InChI=1S/C24H25ClN4O3/c1-15-20(16(2)29(28-15)14-18-7-5-6-8-21(18)25)10-12-24(31)27-19-9-11-23(32-4)22(13-19)26-17(3)30/h5-13H,14H2,1-4H3,(H,26,30)(H,27,31)/b12-10+. The highest BCUT2D eigenvalue weighted by atomic mass is 35.5. The lowest BCUT2D eigenvalue weighted by Gasteiger charge is -2.11. The number of carbonyl (C=O) groups excluding carboxylic acids is 2. The van der Waals surface area contributed by atoms with Gasteiger partial charge in [0.2, 0.25) is 11.8 Å². The van der Waals surface area contributed by atoms with Gasteiger partial charge in [-0.2, -0.15) is 5.10 Å². The first-order valence-electron chi connectivity index (χ1n) is 10.0. The summed E-state index contributed by atoms with van der Waals surface area (Å²) in [5.74, 6) is -0.0288. The number of benzene rings is 2. The number of methoxy groups -OCH3 is 1. The average Bonchev–Trinajstić information content (AvgIpc) is 3.00. The van der Waals surface area contributed by atoms with Crippen LogP contribution in [0.1, 0.15) is 29.4 Å². The molecule has 3 rings (SSSR count). The van der Waals surface area contributed by atoms with Gasteiger partial charge >= 0.3 is 0 Å². The van der Waals surface area contributed by atoms with E-state index in [1.54, 1.807) is 24.3 Å². The lowest BCUT2D eigenvalue weighted by atomic mass is 10.1. The minimum Gasteiger partial charge on any atom is -0.495 e. The van der Waals surface area contributed by atoms with Crippen molar-refractivity contribution in [1.29, 1.82) is 0 Å². The van der Waals surface area contributed by atoms with Gasteiger partial charge in [0.25, 0.3) is 0 Å². The third kappa shape index (κ3) is 5.56. The molecular formula is C24H25ClN4O3. The molecule has 0 aliphatic heterocycles. The van der Waals surface area contributed by atoms with Crippen molar-refractivity contribution < 1.29 is 14.3 Å². The van der Waals surface area contributed by atoms with Gasteiger partial charge in [-0.15, -0.1) is 0 Å². The number of aryl methyl sites for hydroxylation is 1. The molecule has 0 atom stereocenters. The monoisotopic (exact) mass is 452 g/mol. The first kappa shape index (κ1) is 23.1. The highest BCUT2D eigenvalue weighted by Crippen LogP contribution is 2.28. The summed E-state index contributed by atoms with van der Waals surface area (Å²) in [6.45, 7) is 5.81. The molecule has 0 saturated carbocycles. The summed E-state index contributed by atoms with van der Waals surface area (Å²) in [4.78, 5) is 23.9. The van der Waals surface area contributed by atoms with Crippen LogP contribution in [0.25, 0.3) is 6.08 Å². The van der Waals surface area contributed by atoms with E-state index in [0.717, 1.165) is 22.5 Å². The van der Waals surface area contributed by atoms with Crippen molar-refractivity contribution >= 4 is 40.9 Å². The fourth-order valence-electron chi connectivity index (χ4n) is 3.31. The second-order valence-electron chi connectivity index (χ2n) is 7.25. The fraction of sp³-hybridized carbons (Fsp3) is 0.208. The van der Waals surface area contributed by atoms with Crippen molar-refractivity contribution in [3.63, 3.8) is 0 Å². The van der Waals surface area contributed by atoms with E-state index in [1.165, 1.54) is 20.1 Å². The van der Waals surface area contributed by atoms with Gasteiger partial charge in [0.05, 0.1) is 25.0 Å². The molecule has 2 aromatic carbocycles. The molecule has 2 N–H and O–H groups in total. The topological polar surface area (TPSA) is 85.2 Å². The predicted molar refractivity (Wildman–Crippen MR) is 127 cm³/mol. The molecule has 0 aliphatic carbocycles. The zero-order chi connectivity index (χ0) is 23.3. The van der Waals surface area contributed by atoms with Crippen LogP contribution in [0.4, 0.5) is 11.4 Å². The van der Waals surface area contributed by atoms with Gasteiger partial charge in [0, 0.05) is 35.0 Å². The van der Waals surface area contributed by atoms with Crippen LogP contribution in [0.3, 0.4) is 0 Å². The molecule has 7 nitrogen and oxygen atoms in total. The normalized spacial score (nSPS) is 10.9. The molecule has 0 aliphatic rings. The van der Waals surface area contributed by atoms with E-state index >= 15 is 0 Å². The van der Waals surface area contributed by atoms with Crippen LogP contribution in [-0.4, -0.2) is 28.7 Å². The molecule has 0 fully saturated rings. The number of carbonyl (C=O) groups is 2. The van der Waals surface area contributed by atoms with Crippen molar-refractivity contribution in [2.24, 2.45) is 0 Å². The molecule has 3 aromatic rings. The molecular weight excluding hydrogens is 428 g/mol. The van der Waals surface area contributed by atoms with Crippen LogP contribution in [0.2, 0.25) is 5.02 Å². The zero-order valence-corrected chi connectivity index (χ0v) is 19.2. The SMILES string of the molecule is COc1ccc(NC(=O)/C=C/c2c(C)nn(Cc3ccccc3Cl)c2C)cc1NC(C)=O. The highest BCUT2D eigenvalue weighted by molar-refractivity contribution is 6.31. The number of halogens is 1. The predicted octanol–water partition coefficient (Wildman–Crippen LogP) is 4.82. The molecule has 0 spiro atoms. The maximum Gasteiger partial charge on any atom is 0.248 e. The minimum atomic E-state index is -0.304. The van der Waals surface area contributed by atoms with Crippen molar-refractivity contribution in [1.82, 2.24) is 9.78 Å². The second kappa shape index (κ2) is 10.2. The number of ether oxygens (including phenoxy) is 1. The third-order valence-electron chi connectivity index (χ3n) is 4.89. The van der Waals surface area contributed by atoms with Gasteiger partial charge in [-0.05, 0) is 49.8 Å². The Hall–Kier alpha value is -3.58. The van der Waals surface area contributed by atoms with E-state index in [0.29, 0.717) is 28.7 Å². The molecule has 0 radical (unpaired) electrons. The zero-order valence-electron chi connectivity index (χ0n) is 18.4. The Morgan fingerprint density at radius 1 is 1.16 bits per heavy atom. The quantitative estimate of drug-likeness (QED) is 0.503. The Balaban J connectivity index is 1.74. The Kier molecular flexibility index (Phi) is 7.33. The summed E-state index contributed by atoms with van der Waals surface area (Å²) in [5, 5.41) is 10.8. The van der Waals surface area contributed by atoms with Crippen LogP contribution >= 0.6 is 11.6 Å².